The Hall–Kier alpha value is -2.64. The largest absolute Gasteiger partial charge is 0.369 e. The maximum atomic E-state index is 13.4. The van der Waals surface area contributed by atoms with E-state index in [0.29, 0.717) is 42.5 Å². The fraction of sp³-hybridized carbons (Fsp3) is 0.318. The van der Waals surface area contributed by atoms with Gasteiger partial charge in [-0.1, -0.05) is 36.4 Å². The molecule has 1 saturated heterocycles. The number of piperazine rings is 1. The zero-order valence-electron chi connectivity index (χ0n) is 17.0. The smallest absolute Gasteiger partial charge is 0.246 e. The molecule has 0 N–H and O–H groups in total. The van der Waals surface area contributed by atoms with Gasteiger partial charge in [-0.2, -0.15) is 9.40 Å². The third-order valence-corrected chi connectivity index (χ3v) is 7.67. The van der Waals surface area contributed by atoms with E-state index in [9.17, 15) is 8.42 Å². The Kier molecular flexibility index (Phi) is 5.19. The van der Waals surface area contributed by atoms with Crippen molar-refractivity contribution in [3.8, 4) is 5.69 Å². The van der Waals surface area contributed by atoms with Gasteiger partial charge in [0, 0.05) is 31.9 Å². The Balaban J connectivity index is 1.59. The first-order valence-electron chi connectivity index (χ1n) is 9.82. The average molecular weight is 411 g/mol. The highest BCUT2D eigenvalue weighted by Crippen LogP contribution is 2.28. The topological polar surface area (TPSA) is 58.4 Å². The Morgan fingerprint density at radius 2 is 1.45 bits per heavy atom. The summed E-state index contributed by atoms with van der Waals surface area (Å²) in [6, 6.07) is 17.9. The number of nitrogens with zero attached hydrogens (tertiary/aromatic N) is 4. The van der Waals surface area contributed by atoms with Gasteiger partial charge in [-0.3, -0.25) is 0 Å². The molecule has 2 aromatic carbocycles. The van der Waals surface area contributed by atoms with Crippen LogP contribution in [0.1, 0.15) is 17.0 Å². The molecule has 7 heteroatoms. The monoisotopic (exact) mass is 410 g/mol. The van der Waals surface area contributed by atoms with Crippen LogP contribution in [-0.2, 0) is 10.0 Å². The lowest BCUT2D eigenvalue weighted by atomic mass is 10.1. The van der Waals surface area contributed by atoms with Gasteiger partial charge in [-0.25, -0.2) is 13.1 Å². The minimum atomic E-state index is -3.60. The van der Waals surface area contributed by atoms with Crippen LogP contribution in [0.15, 0.2) is 59.5 Å². The number of hydrogen-bond acceptors (Lipinski definition) is 4. The van der Waals surface area contributed by atoms with E-state index < -0.39 is 10.0 Å². The molecule has 1 aliphatic rings. The summed E-state index contributed by atoms with van der Waals surface area (Å²) in [5.74, 6) is 0. The third kappa shape index (κ3) is 3.56. The van der Waals surface area contributed by atoms with Gasteiger partial charge in [0.25, 0.3) is 0 Å². The molecule has 4 rings (SSSR count). The summed E-state index contributed by atoms with van der Waals surface area (Å²) in [6.07, 6.45) is 0. The van der Waals surface area contributed by atoms with Crippen molar-refractivity contribution in [3.63, 3.8) is 0 Å². The van der Waals surface area contributed by atoms with Crippen molar-refractivity contribution in [2.45, 2.75) is 25.7 Å². The maximum absolute atomic E-state index is 13.4. The van der Waals surface area contributed by atoms with Gasteiger partial charge >= 0.3 is 0 Å². The molecule has 1 aromatic heterocycles. The Morgan fingerprint density at radius 3 is 2.10 bits per heavy atom. The molecule has 6 nitrogen and oxygen atoms in total. The molecule has 29 heavy (non-hydrogen) atoms. The number of anilines is 1. The van der Waals surface area contributed by atoms with Crippen LogP contribution in [0.4, 0.5) is 5.69 Å². The summed E-state index contributed by atoms with van der Waals surface area (Å²) >= 11 is 0. The summed E-state index contributed by atoms with van der Waals surface area (Å²) in [5, 5.41) is 4.52. The zero-order valence-corrected chi connectivity index (χ0v) is 17.9. The molecule has 152 valence electrons. The average Bonchev–Trinajstić information content (AvgIpc) is 3.04. The van der Waals surface area contributed by atoms with E-state index in [4.69, 9.17) is 0 Å². The zero-order chi connectivity index (χ0) is 20.6. The first-order valence-corrected chi connectivity index (χ1v) is 11.3. The molecule has 0 atom stereocenters. The van der Waals surface area contributed by atoms with Crippen molar-refractivity contribution in [3.05, 3.63) is 71.5 Å². The highest BCUT2D eigenvalue weighted by Gasteiger charge is 2.33. The Bertz CT molecular complexity index is 1110. The van der Waals surface area contributed by atoms with Crippen LogP contribution in [0.3, 0.4) is 0 Å². The van der Waals surface area contributed by atoms with Crippen LogP contribution in [-0.4, -0.2) is 48.7 Å². The molecular formula is C22H26N4O2S. The molecule has 1 aliphatic heterocycles. The number of aryl methyl sites for hydroxylation is 2. The SMILES string of the molecule is Cc1ccccc1N1CCN(S(=O)(=O)c2c(C)nn(-c3ccccc3)c2C)CC1. The standard InChI is InChI=1S/C22H26N4O2S/c1-17-9-7-8-12-21(17)24-13-15-25(16-14-24)29(27,28)22-18(2)23-26(19(22)3)20-10-5-4-6-11-20/h4-12H,13-16H2,1-3H3. The maximum Gasteiger partial charge on any atom is 0.246 e. The normalized spacial score (nSPS) is 15.6. The number of hydrogen-bond donors (Lipinski definition) is 0. The molecule has 0 unspecified atom stereocenters. The van der Waals surface area contributed by atoms with Gasteiger partial charge in [0.05, 0.1) is 17.1 Å². The molecular weight excluding hydrogens is 384 g/mol. The third-order valence-electron chi connectivity index (χ3n) is 5.52. The van der Waals surface area contributed by atoms with Crippen LogP contribution in [0, 0.1) is 20.8 Å². The van der Waals surface area contributed by atoms with Crippen LogP contribution < -0.4 is 4.90 Å². The van der Waals surface area contributed by atoms with E-state index in [-0.39, 0.29) is 0 Å². The lowest BCUT2D eigenvalue weighted by molar-refractivity contribution is 0.384. The van der Waals surface area contributed by atoms with Crippen LogP contribution in [0.5, 0.6) is 0 Å². The molecule has 0 amide bonds. The summed E-state index contributed by atoms with van der Waals surface area (Å²) in [5.41, 5.74) is 4.43. The molecule has 0 bridgehead atoms. The molecule has 0 spiro atoms. The predicted octanol–water partition coefficient (Wildman–Crippen LogP) is 3.31. The van der Waals surface area contributed by atoms with Crippen LogP contribution >= 0.6 is 0 Å². The second kappa shape index (κ2) is 7.65. The van der Waals surface area contributed by atoms with Crippen LogP contribution in [0.25, 0.3) is 5.69 Å². The highest BCUT2D eigenvalue weighted by molar-refractivity contribution is 7.89. The van der Waals surface area contributed by atoms with E-state index in [1.807, 2.05) is 49.4 Å². The van der Waals surface area contributed by atoms with E-state index in [1.54, 1.807) is 15.9 Å². The van der Waals surface area contributed by atoms with Crippen molar-refractivity contribution in [1.29, 1.82) is 0 Å². The molecule has 0 aliphatic carbocycles. The Labute approximate surface area is 172 Å². The first-order chi connectivity index (χ1) is 13.9. The number of benzene rings is 2. The summed E-state index contributed by atoms with van der Waals surface area (Å²) in [6.45, 7) is 7.96. The van der Waals surface area contributed by atoms with Crippen molar-refractivity contribution in [2.75, 3.05) is 31.1 Å². The van der Waals surface area contributed by atoms with Gasteiger partial charge in [0.1, 0.15) is 4.90 Å². The number of rotatable bonds is 4. The van der Waals surface area contributed by atoms with Gasteiger partial charge in [0.15, 0.2) is 0 Å². The molecule has 0 saturated carbocycles. The van der Waals surface area contributed by atoms with E-state index >= 15 is 0 Å². The number of sulfonamides is 1. The lowest BCUT2D eigenvalue weighted by Crippen LogP contribution is -2.49. The van der Waals surface area contributed by atoms with Gasteiger partial charge in [-0.05, 0) is 44.5 Å². The van der Waals surface area contributed by atoms with E-state index in [2.05, 4.69) is 29.1 Å². The van der Waals surface area contributed by atoms with Crippen LogP contribution in [0.2, 0.25) is 0 Å². The minimum Gasteiger partial charge on any atom is -0.369 e. The quantitative estimate of drug-likeness (QED) is 0.662. The van der Waals surface area contributed by atoms with Gasteiger partial charge < -0.3 is 4.90 Å². The summed E-state index contributed by atoms with van der Waals surface area (Å²) < 4.78 is 30.2. The summed E-state index contributed by atoms with van der Waals surface area (Å²) in [4.78, 5) is 2.58. The predicted molar refractivity (Wildman–Crippen MR) is 115 cm³/mol. The number of aromatic nitrogens is 2. The van der Waals surface area contributed by atoms with Crippen molar-refractivity contribution < 1.29 is 8.42 Å². The molecule has 1 fully saturated rings. The second-order valence-corrected chi connectivity index (χ2v) is 9.30. The fourth-order valence-corrected chi connectivity index (χ4v) is 5.82. The van der Waals surface area contributed by atoms with E-state index in [1.165, 1.54) is 11.3 Å². The van der Waals surface area contributed by atoms with Crippen molar-refractivity contribution >= 4 is 15.7 Å². The molecule has 0 radical (unpaired) electrons. The Morgan fingerprint density at radius 1 is 0.828 bits per heavy atom. The minimum absolute atomic E-state index is 0.325. The van der Waals surface area contributed by atoms with E-state index in [0.717, 1.165) is 5.69 Å². The van der Waals surface area contributed by atoms with Gasteiger partial charge in [-0.15, -0.1) is 0 Å². The molecule has 2 heterocycles. The highest BCUT2D eigenvalue weighted by atomic mass is 32.2. The van der Waals surface area contributed by atoms with Gasteiger partial charge in [0.2, 0.25) is 10.0 Å². The fourth-order valence-electron chi connectivity index (χ4n) is 4.04. The number of para-hydroxylation sites is 2. The second-order valence-electron chi connectivity index (χ2n) is 7.42. The molecule has 3 aromatic rings. The summed E-state index contributed by atoms with van der Waals surface area (Å²) in [7, 11) is -3.60. The lowest BCUT2D eigenvalue weighted by Gasteiger charge is -2.36. The van der Waals surface area contributed by atoms with Crippen molar-refractivity contribution in [1.82, 2.24) is 14.1 Å². The van der Waals surface area contributed by atoms with Crippen molar-refractivity contribution in [2.24, 2.45) is 0 Å². The first kappa shape index (κ1) is 19.7.